The molecule has 0 atom stereocenters. The molecule has 6 nitrogen and oxygen atoms in total. The van der Waals surface area contributed by atoms with Crippen LogP contribution in [0.4, 0.5) is 5.69 Å². The fraction of sp³-hybridized carbons (Fsp3) is 0.118. The second-order valence-electron chi connectivity index (χ2n) is 5.08. The van der Waals surface area contributed by atoms with Crippen LogP contribution in [-0.4, -0.2) is 34.7 Å². The number of thioether (sulfide) groups is 1. The lowest BCUT2D eigenvalue weighted by Gasteiger charge is -2.08. The van der Waals surface area contributed by atoms with Crippen LogP contribution >= 0.6 is 23.4 Å². The number of nitrogens with one attached hydrogen (secondary N) is 2. The van der Waals surface area contributed by atoms with Crippen molar-refractivity contribution in [2.24, 2.45) is 0 Å². The molecule has 1 amide bonds. The van der Waals surface area contributed by atoms with Crippen molar-refractivity contribution < 1.29 is 14.3 Å². The number of carbonyl (C=O) groups excluding carboxylic acids is 2. The van der Waals surface area contributed by atoms with Crippen LogP contribution in [0.25, 0.3) is 11.0 Å². The van der Waals surface area contributed by atoms with Crippen molar-refractivity contribution in [3.8, 4) is 0 Å². The van der Waals surface area contributed by atoms with E-state index in [2.05, 4.69) is 15.3 Å². The van der Waals surface area contributed by atoms with Crippen LogP contribution in [0.2, 0.25) is 5.02 Å². The van der Waals surface area contributed by atoms with Gasteiger partial charge in [0.25, 0.3) is 0 Å². The number of H-pyrrole nitrogens is 1. The molecule has 0 unspecified atom stereocenters. The van der Waals surface area contributed by atoms with Crippen molar-refractivity contribution in [1.82, 2.24) is 9.97 Å². The maximum Gasteiger partial charge on any atom is 0.339 e. The van der Waals surface area contributed by atoms with Gasteiger partial charge in [0.1, 0.15) is 0 Å². The zero-order valence-electron chi connectivity index (χ0n) is 13.2. The number of fused-ring (bicyclic) bond motifs is 1. The summed E-state index contributed by atoms with van der Waals surface area (Å²) in [6, 6.07) is 12.0. The lowest BCUT2D eigenvalue weighted by molar-refractivity contribution is -0.113. The van der Waals surface area contributed by atoms with E-state index in [9.17, 15) is 9.59 Å². The number of ether oxygens (including phenoxy) is 1. The van der Waals surface area contributed by atoms with Crippen LogP contribution < -0.4 is 5.32 Å². The normalized spacial score (nSPS) is 10.6. The van der Waals surface area contributed by atoms with Gasteiger partial charge in [0.15, 0.2) is 5.16 Å². The van der Waals surface area contributed by atoms with E-state index in [1.807, 2.05) is 6.07 Å². The molecule has 1 aromatic heterocycles. The molecule has 2 N–H and O–H groups in total. The summed E-state index contributed by atoms with van der Waals surface area (Å²) in [5, 5.41) is 3.95. The minimum Gasteiger partial charge on any atom is -0.465 e. The van der Waals surface area contributed by atoms with E-state index in [0.717, 1.165) is 11.0 Å². The molecule has 0 aliphatic heterocycles. The van der Waals surface area contributed by atoms with Crippen LogP contribution in [0.15, 0.2) is 47.6 Å². The van der Waals surface area contributed by atoms with Crippen molar-refractivity contribution in [2.75, 3.05) is 18.2 Å². The highest BCUT2D eigenvalue weighted by atomic mass is 35.5. The molecule has 8 heteroatoms. The van der Waals surface area contributed by atoms with Gasteiger partial charge in [0.2, 0.25) is 5.91 Å². The van der Waals surface area contributed by atoms with Crippen molar-refractivity contribution >= 4 is 52.0 Å². The lowest BCUT2D eigenvalue weighted by atomic mass is 10.2. The summed E-state index contributed by atoms with van der Waals surface area (Å²) in [6.45, 7) is 0. The first kappa shape index (κ1) is 17.3. The summed E-state index contributed by atoms with van der Waals surface area (Å²) in [4.78, 5) is 31.4. The number of methoxy groups -OCH3 is 1. The van der Waals surface area contributed by atoms with Gasteiger partial charge in [0, 0.05) is 5.02 Å². The fourth-order valence-electron chi connectivity index (χ4n) is 2.23. The number of anilines is 1. The first-order valence-electron chi connectivity index (χ1n) is 7.32. The van der Waals surface area contributed by atoms with Gasteiger partial charge in [-0.1, -0.05) is 35.5 Å². The Kier molecular flexibility index (Phi) is 5.25. The number of aromatic amines is 1. The monoisotopic (exact) mass is 375 g/mol. The van der Waals surface area contributed by atoms with Gasteiger partial charge in [-0.3, -0.25) is 4.79 Å². The van der Waals surface area contributed by atoms with Crippen LogP contribution in [0.5, 0.6) is 0 Å². The molecule has 1 heterocycles. The quantitative estimate of drug-likeness (QED) is 0.524. The molecule has 2 aromatic carbocycles. The molecule has 0 saturated carbocycles. The van der Waals surface area contributed by atoms with Gasteiger partial charge in [-0.15, -0.1) is 0 Å². The zero-order chi connectivity index (χ0) is 17.8. The second kappa shape index (κ2) is 7.58. The minimum absolute atomic E-state index is 0.142. The maximum atomic E-state index is 12.2. The van der Waals surface area contributed by atoms with Crippen LogP contribution in [-0.2, 0) is 9.53 Å². The van der Waals surface area contributed by atoms with Gasteiger partial charge >= 0.3 is 5.97 Å². The topological polar surface area (TPSA) is 84.1 Å². The number of hydrogen-bond donors (Lipinski definition) is 2. The molecule has 0 spiro atoms. The Morgan fingerprint density at radius 1 is 1.28 bits per heavy atom. The first-order chi connectivity index (χ1) is 12.1. The lowest BCUT2D eigenvalue weighted by Crippen LogP contribution is -2.17. The Hall–Kier alpha value is -2.51. The minimum atomic E-state index is -0.502. The predicted molar refractivity (Wildman–Crippen MR) is 98.2 cm³/mol. The number of rotatable bonds is 5. The molecule has 128 valence electrons. The summed E-state index contributed by atoms with van der Waals surface area (Å²) in [7, 11) is 1.30. The number of carbonyl (C=O) groups is 2. The molecule has 0 saturated heterocycles. The van der Waals surface area contributed by atoms with Crippen molar-refractivity contribution in [1.29, 1.82) is 0 Å². The van der Waals surface area contributed by atoms with Gasteiger partial charge in [-0.05, 0) is 30.3 Å². The second-order valence-corrected chi connectivity index (χ2v) is 6.48. The van der Waals surface area contributed by atoms with Gasteiger partial charge in [-0.2, -0.15) is 0 Å². The molecular formula is C17H14ClN3O3S. The Balaban J connectivity index is 1.66. The smallest absolute Gasteiger partial charge is 0.339 e. The third-order valence-electron chi connectivity index (χ3n) is 3.37. The van der Waals surface area contributed by atoms with Crippen molar-refractivity contribution in [3.05, 3.63) is 53.1 Å². The number of halogens is 1. The van der Waals surface area contributed by atoms with E-state index in [1.54, 1.807) is 36.4 Å². The van der Waals surface area contributed by atoms with Gasteiger partial charge in [0.05, 0.1) is 35.1 Å². The number of benzene rings is 2. The number of nitrogens with zero attached hydrogens (tertiary/aromatic N) is 1. The highest BCUT2D eigenvalue weighted by Gasteiger charge is 2.14. The Morgan fingerprint density at radius 3 is 2.88 bits per heavy atom. The van der Waals surface area contributed by atoms with E-state index >= 15 is 0 Å². The van der Waals surface area contributed by atoms with E-state index < -0.39 is 5.97 Å². The zero-order valence-corrected chi connectivity index (χ0v) is 14.8. The number of amides is 1. The number of hydrogen-bond acceptors (Lipinski definition) is 5. The van der Waals surface area contributed by atoms with Crippen LogP contribution in [0, 0.1) is 0 Å². The van der Waals surface area contributed by atoms with Gasteiger partial charge in [-0.25, -0.2) is 9.78 Å². The molecule has 0 aliphatic carbocycles. The average molecular weight is 376 g/mol. The molecule has 0 bridgehead atoms. The molecule has 0 fully saturated rings. The first-order valence-corrected chi connectivity index (χ1v) is 8.68. The molecule has 3 aromatic rings. The van der Waals surface area contributed by atoms with E-state index in [0.29, 0.717) is 21.4 Å². The summed E-state index contributed by atoms with van der Waals surface area (Å²) >= 11 is 7.20. The molecule has 0 aliphatic rings. The Bertz CT molecular complexity index is 942. The SMILES string of the molecule is COC(=O)c1ccccc1NC(=O)CSc1nc2ccc(Cl)cc2[nH]1. The number of imidazole rings is 1. The van der Waals surface area contributed by atoms with Crippen LogP contribution in [0.3, 0.4) is 0 Å². The Labute approximate surface area is 152 Å². The molecule has 25 heavy (non-hydrogen) atoms. The van der Waals surface area contributed by atoms with E-state index in [1.165, 1.54) is 18.9 Å². The van der Waals surface area contributed by atoms with Crippen molar-refractivity contribution in [2.45, 2.75) is 5.16 Å². The third-order valence-corrected chi connectivity index (χ3v) is 4.48. The summed E-state index contributed by atoms with van der Waals surface area (Å²) in [5.74, 6) is -0.610. The largest absolute Gasteiger partial charge is 0.465 e. The molecular weight excluding hydrogens is 362 g/mol. The summed E-state index contributed by atoms with van der Waals surface area (Å²) in [5.41, 5.74) is 2.31. The maximum absolute atomic E-state index is 12.2. The Morgan fingerprint density at radius 2 is 2.08 bits per heavy atom. The van der Waals surface area contributed by atoms with E-state index in [4.69, 9.17) is 16.3 Å². The highest BCUT2D eigenvalue weighted by molar-refractivity contribution is 7.99. The summed E-state index contributed by atoms with van der Waals surface area (Å²) in [6.07, 6.45) is 0. The summed E-state index contributed by atoms with van der Waals surface area (Å²) < 4.78 is 4.71. The number of para-hydroxylation sites is 1. The molecule has 0 radical (unpaired) electrons. The van der Waals surface area contributed by atoms with Gasteiger partial charge < -0.3 is 15.0 Å². The van der Waals surface area contributed by atoms with Crippen molar-refractivity contribution in [3.63, 3.8) is 0 Å². The third kappa shape index (κ3) is 4.12. The number of esters is 1. The average Bonchev–Trinajstić information content (AvgIpc) is 3.02. The standard InChI is InChI=1S/C17H14ClN3O3S/c1-24-16(23)11-4-2-3-5-12(11)19-15(22)9-25-17-20-13-7-6-10(18)8-14(13)21-17/h2-8H,9H2,1H3,(H,19,22)(H,20,21). The van der Waals surface area contributed by atoms with E-state index in [-0.39, 0.29) is 11.7 Å². The predicted octanol–water partition coefficient (Wildman–Crippen LogP) is 3.73. The number of aromatic nitrogens is 2. The molecule has 3 rings (SSSR count). The van der Waals surface area contributed by atoms with Crippen LogP contribution in [0.1, 0.15) is 10.4 Å². The fourth-order valence-corrected chi connectivity index (χ4v) is 3.08. The highest BCUT2D eigenvalue weighted by Crippen LogP contribution is 2.23.